The maximum atomic E-state index is 12.7. The van der Waals surface area contributed by atoms with E-state index in [0.29, 0.717) is 18.1 Å². The molecule has 1 aromatic heterocycles. The number of ether oxygens (including phenoxy) is 3. The first-order valence-electron chi connectivity index (χ1n) is 9.88. The molecule has 3 rings (SSSR count). The van der Waals surface area contributed by atoms with Crippen LogP contribution in [0.15, 0.2) is 54.6 Å². The van der Waals surface area contributed by atoms with E-state index in [1.165, 1.54) is 11.3 Å². The maximum Gasteiger partial charge on any atom is 0.311 e. The maximum absolute atomic E-state index is 12.7. The highest BCUT2D eigenvalue weighted by atomic mass is 32.1. The summed E-state index contributed by atoms with van der Waals surface area (Å²) in [6, 6.07) is 16.9. The molecule has 0 atom stereocenters. The summed E-state index contributed by atoms with van der Waals surface area (Å²) in [5, 5.41) is 3.00. The number of thiophene rings is 1. The molecule has 2 aromatic carbocycles. The van der Waals surface area contributed by atoms with Crippen LogP contribution in [-0.4, -0.2) is 32.7 Å². The number of amides is 1. The van der Waals surface area contributed by atoms with Gasteiger partial charge in [0.25, 0.3) is 0 Å². The van der Waals surface area contributed by atoms with Crippen LogP contribution >= 0.6 is 11.3 Å². The van der Waals surface area contributed by atoms with Crippen LogP contribution in [0.2, 0.25) is 0 Å². The summed E-state index contributed by atoms with van der Waals surface area (Å²) in [7, 11) is 3.14. The van der Waals surface area contributed by atoms with Gasteiger partial charge in [-0.05, 0) is 42.8 Å². The molecule has 0 aliphatic carbocycles. The first kappa shape index (κ1) is 22.4. The number of esters is 1. The number of methoxy groups -OCH3 is 2. The van der Waals surface area contributed by atoms with Crippen molar-refractivity contribution >= 4 is 28.9 Å². The van der Waals surface area contributed by atoms with Crippen LogP contribution in [0.3, 0.4) is 0 Å². The Kier molecular flexibility index (Phi) is 7.67. The number of hydrogen-bond donors (Lipinski definition) is 1. The van der Waals surface area contributed by atoms with Crippen molar-refractivity contribution in [3.05, 3.63) is 65.0 Å². The van der Waals surface area contributed by atoms with Crippen molar-refractivity contribution in [3.8, 4) is 21.9 Å². The van der Waals surface area contributed by atoms with Gasteiger partial charge in [-0.15, -0.1) is 11.3 Å². The number of para-hydroxylation sites is 1. The second kappa shape index (κ2) is 10.6. The van der Waals surface area contributed by atoms with Crippen molar-refractivity contribution in [1.29, 1.82) is 0 Å². The van der Waals surface area contributed by atoms with E-state index in [1.54, 1.807) is 33.3 Å². The molecular formula is C24H25NO5S. The molecule has 1 N–H and O–H groups in total. The van der Waals surface area contributed by atoms with Gasteiger partial charge in [-0.3, -0.25) is 9.59 Å². The van der Waals surface area contributed by atoms with E-state index in [2.05, 4.69) is 5.32 Å². The molecule has 0 bridgehead atoms. The molecule has 0 radical (unpaired) electrons. The van der Waals surface area contributed by atoms with Crippen LogP contribution in [-0.2, 0) is 27.2 Å². The Labute approximate surface area is 185 Å². The predicted molar refractivity (Wildman–Crippen MR) is 122 cm³/mol. The van der Waals surface area contributed by atoms with E-state index in [9.17, 15) is 9.59 Å². The fourth-order valence-electron chi connectivity index (χ4n) is 3.15. The van der Waals surface area contributed by atoms with E-state index in [1.807, 2.05) is 42.5 Å². The standard InChI is InChI=1S/C24H25NO5S/c1-4-30-24(27)15-17-10-12-22(31-17)18-7-5-6-8-19(18)25-23(26)14-16-9-11-20(28-2)21(13-16)29-3/h5-13H,4,14-15H2,1-3H3,(H,25,26). The molecule has 1 amide bonds. The summed E-state index contributed by atoms with van der Waals surface area (Å²) < 4.78 is 15.6. The van der Waals surface area contributed by atoms with Gasteiger partial charge in [0.05, 0.1) is 33.7 Å². The normalized spacial score (nSPS) is 10.4. The number of carbonyl (C=O) groups excluding carboxylic acids is 2. The summed E-state index contributed by atoms with van der Waals surface area (Å²) in [4.78, 5) is 26.3. The van der Waals surface area contributed by atoms with Crippen LogP contribution in [0, 0.1) is 0 Å². The molecule has 7 heteroatoms. The SMILES string of the molecule is CCOC(=O)Cc1ccc(-c2ccccc2NC(=O)Cc2ccc(OC)c(OC)c2)s1. The monoisotopic (exact) mass is 439 g/mol. The van der Waals surface area contributed by atoms with Gasteiger partial charge in [-0.1, -0.05) is 24.3 Å². The summed E-state index contributed by atoms with van der Waals surface area (Å²) in [5.74, 6) is 0.824. The zero-order valence-electron chi connectivity index (χ0n) is 17.8. The first-order valence-corrected chi connectivity index (χ1v) is 10.7. The fourth-order valence-corrected chi connectivity index (χ4v) is 4.18. The number of hydrogen-bond acceptors (Lipinski definition) is 6. The number of benzene rings is 2. The van der Waals surface area contributed by atoms with Crippen molar-refractivity contribution in [2.75, 3.05) is 26.1 Å². The van der Waals surface area contributed by atoms with E-state index in [4.69, 9.17) is 14.2 Å². The van der Waals surface area contributed by atoms with Crippen molar-refractivity contribution in [3.63, 3.8) is 0 Å². The van der Waals surface area contributed by atoms with Gasteiger partial charge >= 0.3 is 5.97 Å². The Morgan fingerprint density at radius 3 is 2.45 bits per heavy atom. The van der Waals surface area contributed by atoms with Crippen molar-refractivity contribution in [1.82, 2.24) is 0 Å². The van der Waals surface area contributed by atoms with E-state index in [0.717, 1.165) is 26.6 Å². The lowest BCUT2D eigenvalue weighted by Gasteiger charge is -2.12. The third kappa shape index (κ3) is 5.86. The summed E-state index contributed by atoms with van der Waals surface area (Å²) >= 11 is 1.51. The van der Waals surface area contributed by atoms with Crippen LogP contribution in [0.1, 0.15) is 17.4 Å². The van der Waals surface area contributed by atoms with Gasteiger partial charge in [0, 0.05) is 21.0 Å². The molecule has 0 fully saturated rings. The zero-order chi connectivity index (χ0) is 22.2. The topological polar surface area (TPSA) is 73.9 Å². The van der Waals surface area contributed by atoms with Crippen LogP contribution < -0.4 is 14.8 Å². The molecule has 31 heavy (non-hydrogen) atoms. The Bertz CT molecular complexity index is 1060. The highest BCUT2D eigenvalue weighted by molar-refractivity contribution is 7.15. The molecule has 0 spiro atoms. The van der Waals surface area contributed by atoms with Gasteiger partial charge in [-0.2, -0.15) is 0 Å². The van der Waals surface area contributed by atoms with Crippen LogP contribution in [0.25, 0.3) is 10.4 Å². The zero-order valence-corrected chi connectivity index (χ0v) is 18.6. The number of nitrogens with one attached hydrogen (secondary N) is 1. The average Bonchev–Trinajstić information content (AvgIpc) is 3.22. The highest BCUT2D eigenvalue weighted by Gasteiger charge is 2.14. The molecule has 0 unspecified atom stereocenters. The van der Waals surface area contributed by atoms with Crippen molar-refractivity contribution in [2.45, 2.75) is 19.8 Å². The highest BCUT2D eigenvalue weighted by Crippen LogP contribution is 2.34. The Hall–Kier alpha value is -3.32. The summed E-state index contributed by atoms with van der Waals surface area (Å²) in [5.41, 5.74) is 2.45. The minimum atomic E-state index is -0.243. The molecule has 0 aliphatic rings. The molecule has 0 saturated carbocycles. The predicted octanol–water partition coefficient (Wildman–Crippen LogP) is 4.72. The molecular weight excluding hydrogens is 414 g/mol. The molecule has 6 nitrogen and oxygen atoms in total. The summed E-state index contributed by atoms with van der Waals surface area (Å²) in [6.45, 7) is 2.16. The minimum absolute atomic E-state index is 0.136. The second-order valence-electron chi connectivity index (χ2n) is 6.71. The Morgan fingerprint density at radius 1 is 0.935 bits per heavy atom. The minimum Gasteiger partial charge on any atom is -0.493 e. The molecule has 162 valence electrons. The average molecular weight is 440 g/mol. The lowest BCUT2D eigenvalue weighted by atomic mass is 10.1. The second-order valence-corrected chi connectivity index (χ2v) is 7.88. The van der Waals surface area contributed by atoms with Gasteiger partial charge in [0.15, 0.2) is 11.5 Å². The van der Waals surface area contributed by atoms with Gasteiger partial charge in [0.2, 0.25) is 5.91 Å². The van der Waals surface area contributed by atoms with E-state index < -0.39 is 0 Å². The lowest BCUT2D eigenvalue weighted by Crippen LogP contribution is -2.15. The van der Waals surface area contributed by atoms with Crippen LogP contribution in [0.4, 0.5) is 5.69 Å². The van der Waals surface area contributed by atoms with Gasteiger partial charge in [0.1, 0.15) is 0 Å². The fraction of sp³-hybridized carbons (Fsp3) is 0.250. The van der Waals surface area contributed by atoms with Crippen molar-refractivity contribution in [2.24, 2.45) is 0 Å². The Balaban J connectivity index is 1.73. The van der Waals surface area contributed by atoms with E-state index >= 15 is 0 Å². The quantitative estimate of drug-likeness (QED) is 0.489. The largest absolute Gasteiger partial charge is 0.493 e. The third-order valence-corrected chi connectivity index (χ3v) is 5.68. The number of anilines is 1. The molecule has 0 saturated heterocycles. The van der Waals surface area contributed by atoms with Crippen molar-refractivity contribution < 1.29 is 23.8 Å². The Morgan fingerprint density at radius 2 is 1.71 bits per heavy atom. The summed E-state index contributed by atoms with van der Waals surface area (Å²) in [6.07, 6.45) is 0.444. The lowest BCUT2D eigenvalue weighted by molar-refractivity contribution is -0.142. The van der Waals surface area contributed by atoms with E-state index in [-0.39, 0.29) is 24.7 Å². The third-order valence-electron chi connectivity index (χ3n) is 4.56. The van der Waals surface area contributed by atoms with Crippen LogP contribution in [0.5, 0.6) is 11.5 Å². The number of carbonyl (C=O) groups is 2. The smallest absolute Gasteiger partial charge is 0.311 e. The van der Waals surface area contributed by atoms with Gasteiger partial charge in [-0.25, -0.2) is 0 Å². The molecule has 3 aromatic rings. The first-order chi connectivity index (χ1) is 15.0. The molecule has 1 heterocycles. The number of rotatable bonds is 9. The molecule has 0 aliphatic heterocycles. The van der Waals surface area contributed by atoms with Gasteiger partial charge < -0.3 is 19.5 Å².